The predicted octanol–water partition coefficient (Wildman–Crippen LogP) is 4.07. The molecule has 0 heterocycles. The van der Waals surface area contributed by atoms with Crippen molar-refractivity contribution in [3.63, 3.8) is 0 Å². The second-order valence-corrected chi connectivity index (χ2v) is 3.87. The van der Waals surface area contributed by atoms with Crippen LogP contribution < -0.4 is 0 Å². The van der Waals surface area contributed by atoms with Gasteiger partial charge in [0.15, 0.2) is 5.78 Å². The van der Waals surface area contributed by atoms with Crippen LogP contribution in [0.15, 0.2) is 18.2 Å². The van der Waals surface area contributed by atoms with Crippen LogP contribution >= 0.6 is 0 Å². The number of hydrogen-bond acceptors (Lipinski definition) is 1. The third-order valence-electron chi connectivity index (χ3n) is 2.62. The summed E-state index contributed by atoms with van der Waals surface area (Å²) < 4.78 is 50.6. The van der Waals surface area contributed by atoms with Gasteiger partial charge in [0, 0.05) is 5.92 Å². The third kappa shape index (κ3) is 3.05. The van der Waals surface area contributed by atoms with E-state index in [0.29, 0.717) is 24.6 Å². The Balaban J connectivity index is 3.20. The minimum Gasteiger partial charge on any atom is -0.294 e. The smallest absolute Gasteiger partial charge is 0.294 e. The lowest BCUT2D eigenvalue weighted by Crippen LogP contribution is -2.14. The molecule has 0 spiro atoms. The molecule has 1 nitrogen and oxygen atoms in total. The van der Waals surface area contributed by atoms with E-state index in [2.05, 4.69) is 0 Å². The van der Waals surface area contributed by atoms with Gasteiger partial charge in [0.1, 0.15) is 5.82 Å². The molecular formula is C12H12F4O. The van der Waals surface area contributed by atoms with Crippen molar-refractivity contribution in [3.05, 3.63) is 35.1 Å². The number of rotatable bonds is 3. The molecule has 0 saturated heterocycles. The number of halogens is 4. The molecule has 1 aromatic carbocycles. The maximum atomic E-state index is 13.3. The van der Waals surface area contributed by atoms with Crippen molar-refractivity contribution in [2.24, 2.45) is 5.92 Å². The fourth-order valence-corrected chi connectivity index (χ4v) is 1.34. The van der Waals surface area contributed by atoms with Gasteiger partial charge in [-0.3, -0.25) is 4.79 Å². The number of alkyl halides is 3. The molecule has 0 aliphatic rings. The van der Waals surface area contributed by atoms with Crippen LogP contribution in [-0.4, -0.2) is 5.78 Å². The summed E-state index contributed by atoms with van der Waals surface area (Å²) in [5.74, 6) is -2.01. The topological polar surface area (TPSA) is 17.1 Å². The Morgan fingerprint density at radius 3 is 2.41 bits per heavy atom. The fourth-order valence-electron chi connectivity index (χ4n) is 1.34. The van der Waals surface area contributed by atoms with Crippen molar-refractivity contribution >= 4 is 5.78 Å². The zero-order valence-electron chi connectivity index (χ0n) is 9.44. The van der Waals surface area contributed by atoms with Crippen molar-refractivity contribution in [1.82, 2.24) is 0 Å². The van der Waals surface area contributed by atoms with E-state index in [4.69, 9.17) is 0 Å². The molecule has 5 heteroatoms. The predicted molar refractivity (Wildman–Crippen MR) is 55.2 cm³/mol. The molecule has 0 saturated carbocycles. The van der Waals surface area contributed by atoms with Crippen LogP contribution in [0.5, 0.6) is 0 Å². The van der Waals surface area contributed by atoms with Crippen LogP contribution in [0.4, 0.5) is 17.6 Å². The molecule has 1 rings (SSSR count). The molecule has 0 bridgehead atoms. The Bertz CT molecular complexity index is 423. The Labute approximate surface area is 96.4 Å². The SMILES string of the molecule is CCC(C)C(=O)c1cc(C(F)(F)F)ccc1F. The van der Waals surface area contributed by atoms with E-state index in [1.165, 1.54) is 0 Å². The molecule has 0 amide bonds. The third-order valence-corrected chi connectivity index (χ3v) is 2.62. The highest BCUT2D eigenvalue weighted by atomic mass is 19.4. The highest BCUT2D eigenvalue weighted by molar-refractivity contribution is 5.98. The normalized spacial score (nSPS) is 13.5. The van der Waals surface area contributed by atoms with Gasteiger partial charge in [-0.2, -0.15) is 13.2 Å². The fraction of sp³-hybridized carbons (Fsp3) is 0.417. The summed E-state index contributed by atoms with van der Waals surface area (Å²) in [5, 5.41) is 0. The number of Topliss-reactive ketones (excluding diaryl/α,β-unsaturated/α-hetero) is 1. The lowest BCUT2D eigenvalue weighted by Gasteiger charge is -2.11. The van der Waals surface area contributed by atoms with Gasteiger partial charge in [-0.15, -0.1) is 0 Å². The van der Waals surface area contributed by atoms with E-state index in [1.54, 1.807) is 13.8 Å². The summed E-state index contributed by atoms with van der Waals surface area (Å²) in [6.07, 6.45) is -4.12. The summed E-state index contributed by atoms with van der Waals surface area (Å²) in [6.45, 7) is 3.27. The monoisotopic (exact) mass is 248 g/mol. The average Bonchev–Trinajstić information content (AvgIpc) is 2.26. The quantitative estimate of drug-likeness (QED) is 0.582. The van der Waals surface area contributed by atoms with Crippen LogP contribution in [0.1, 0.15) is 36.2 Å². The Hall–Kier alpha value is -1.39. The summed E-state index contributed by atoms with van der Waals surface area (Å²) in [6, 6.07) is 1.88. The molecule has 0 aliphatic heterocycles. The summed E-state index contributed by atoms with van der Waals surface area (Å²) in [5.41, 5.74) is -1.50. The van der Waals surface area contributed by atoms with E-state index >= 15 is 0 Å². The molecule has 0 aromatic heterocycles. The first kappa shape index (κ1) is 13.7. The molecule has 17 heavy (non-hydrogen) atoms. The van der Waals surface area contributed by atoms with Crippen LogP contribution in [0.25, 0.3) is 0 Å². The Kier molecular flexibility index (Phi) is 3.91. The van der Waals surface area contributed by atoms with Gasteiger partial charge in [0.05, 0.1) is 11.1 Å². The average molecular weight is 248 g/mol. The molecule has 0 fully saturated rings. The van der Waals surface area contributed by atoms with E-state index in [-0.39, 0.29) is 0 Å². The zero-order valence-corrected chi connectivity index (χ0v) is 9.44. The van der Waals surface area contributed by atoms with Crippen molar-refractivity contribution in [2.45, 2.75) is 26.4 Å². The number of ketones is 1. The number of hydrogen-bond donors (Lipinski definition) is 0. The lowest BCUT2D eigenvalue weighted by molar-refractivity contribution is -0.137. The van der Waals surface area contributed by atoms with Crippen molar-refractivity contribution in [2.75, 3.05) is 0 Å². The van der Waals surface area contributed by atoms with E-state index in [1.807, 2.05) is 0 Å². The number of benzene rings is 1. The van der Waals surface area contributed by atoms with Gasteiger partial charge in [-0.1, -0.05) is 13.8 Å². The van der Waals surface area contributed by atoms with E-state index < -0.39 is 34.8 Å². The maximum Gasteiger partial charge on any atom is 0.416 e. The molecule has 1 atom stereocenters. The zero-order chi connectivity index (χ0) is 13.2. The Morgan fingerprint density at radius 2 is 1.94 bits per heavy atom. The van der Waals surface area contributed by atoms with Crippen molar-refractivity contribution in [1.29, 1.82) is 0 Å². The largest absolute Gasteiger partial charge is 0.416 e. The molecule has 94 valence electrons. The molecule has 0 radical (unpaired) electrons. The van der Waals surface area contributed by atoms with E-state index in [0.717, 1.165) is 0 Å². The van der Waals surface area contributed by atoms with E-state index in [9.17, 15) is 22.4 Å². The van der Waals surface area contributed by atoms with Crippen LogP contribution in [0.2, 0.25) is 0 Å². The molecule has 0 N–H and O–H groups in total. The van der Waals surface area contributed by atoms with Crippen molar-refractivity contribution in [3.8, 4) is 0 Å². The van der Waals surface area contributed by atoms with Crippen LogP contribution in [0.3, 0.4) is 0 Å². The Morgan fingerprint density at radius 1 is 1.35 bits per heavy atom. The van der Waals surface area contributed by atoms with Crippen LogP contribution in [0, 0.1) is 11.7 Å². The minimum absolute atomic E-state index is 0.453. The standard InChI is InChI=1S/C12H12F4O/c1-3-7(2)11(17)9-6-8(12(14,15)16)4-5-10(9)13/h4-7H,3H2,1-2H3. The van der Waals surface area contributed by atoms with Crippen molar-refractivity contribution < 1.29 is 22.4 Å². The van der Waals surface area contributed by atoms with Gasteiger partial charge in [-0.05, 0) is 24.6 Å². The van der Waals surface area contributed by atoms with Gasteiger partial charge < -0.3 is 0 Å². The van der Waals surface area contributed by atoms with Gasteiger partial charge in [-0.25, -0.2) is 4.39 Å². The first-order valence-corrected chi connectivity index (χ1v) is 5.18. The van der Waals surface area contributed by atoms with Crippen LogP contribution in [-0.2, 0) is 6.18 Å². The second kappa shape index (κ2) is 4.85. The highest BCUT2D eigenvalue weighted by Gasteiger charge is 2.32. The summed E-state index contributed by atoms with van der Waals surface area (Å²) in [4.78, 5) is 11.7. The van der Waals surface area contributed by atoms with Gasteiger partial charge in [0.2, 0.25) is 0 Å². The number of carbonyl (C=O) groups excluding carboxylic acids is 1. The molecule has 1 aromatic rings. The molecular weight excluding hydrogens is 236 g/mol. The van der Waals surface area contributed by atoms with Gasteiger partial charge >= 0.3 is 6.18 Å². The summed E-state index contributed by atoms with van der Waals surface area (Å²) >= 11 is 0. The maximum absolute atomic E-state index is 13.3. The molecule has 1 unspecified atom stereocenters. The van der Waals surface area contributed by atoms with Gasteiger partial charge in [0.25, 0.3) is 0 Å². The first-order chi connectivity index (χ1) is 7.77. The lowest BCUT2D eigenvalue weighted by atomic mass is 9.95. The second-order valence-electron chi connectivity index (χ2n) is 3.87. The number of carbonyl (C=O) groups is 1. The highest BCUT2D eigenvalue weighted by Crippen LogP contribution is 2.31. The minimum atomic E-state index is -4.57. The molecule has 0 aliphatic carbocycles. The first-order valence-electron chi connectivity index (χ1n) is 5.18. The summed E-state index contributed by atoms with van der Waals surface area (Å²) in [7, 11) is 0.